The lowest BCUT2D eigenvalue weighted by Crippen LogP contribution is -2.32. The third-order valence-electron chi connectivity index (χ3n) is 2.94. The minimum Gasteiger partial charge on any atom is -0.388 e. The first-order valence-corrected chi connectivity index (χ1v) is 5.83. The van der Waals surface area contributed by atoms with E-state index in [1.54, 1.807) is 0 Å². The molecule has 0 aliphatic rings. The van der Waals surface area contributed by atoms with Crippen molar-refractivity contribution in [2.24, 2.45) is 0 Å². The summed E-state index contributed by atoms with van der Waals surface area (Å²) in [6.45, 7) is 7.35. The molecule has 1 aromatic carbocycles. The van der Waals surface area contributed by atoms with Gasteiger partial charge in [-0.25, -0.2) is 0 Å². The SMILES string of the molecule is CCNC(NC)c1cc(C)c(C)cc1NC. The van der Waals surface area contributed by atoms with E-state index in [2.05, 4.69) is 48.9 Å². The van der Waals surface area contributed by atoms with Crippen LogP contribution in [0.1, 0.15) is 29.8 Å². The Balaban J connectivity index is 3.13. The van der Waals surface area contributed by atoms with Crippen LogP contribution in [0.2, 0.25) is 0 Å². The second-order valence-electron chi connectivity index (χ2n) is 4.05. The van der Waals surface area contributed by atoms with E-state index in [-0.39, 0.29) is 6.17 Å². The Hall–Kier alpha value is -1.06. The molecule has 0 bridgehead atoms. The number of hydrogen-bond acceptors (Lipinski definition) is 3. The number of benzene rings is 1. The van der Waals surface area contributed by atoms with Gasteiger partial charge in [0.05, 0.1) is 6.17 Å². The minimum absolute atomic E-state index is 0.201. The van der Waals surface area contributed by atoms with Crippen LogP contribution in [0.15, 0.2) is 12.1 Å². The summed E-state index contributed by atoms with van der Waals surface area (Å²) >= 11 is 0. The van der Waals surface area contributed by atoms with Gasteiger partial charge in [0, 0.05) is 18.3 Å². The summed E-state index contributed by atoms with van der Waals surface area (Å²) in [4.78, 5) is 0. The zero-order chi connectivity index (χ0) is 12.1. The molecule has 0 saturated carbocycles. The van der Waals surface area contributed by atoms with Gasteiger partial charge < -0.3 is 10.6 Å². The number of aryl methyl sites for hydroxylation is 2. The highest BCUT2D eigenvalue weighted by molar-refractivity contribution is 5.56. The number of nitrogens with one attached hydrogen (secondary N) is 3. The molecule has 16 heavy (non-hydrogen) atoms. The molecule has 0 aliphatic carbocycles. The molecule has 0 amide bonds. The molecule has 0 heterocycles. The van der Waals surface area contributed by atoms with E-state index in [9.17, 15) is 0 Å². The molecular formula is C13H23N3. The van der Waals surface area contributed by atoms with E-state index < -0.39 is 0 Å². The van der Waals surface area contributed by atoms with Crippen LogP contribution >= 0.6 is 0 Å². The highest BCUT2D eigenvalue weighted by atomic mass is 15.1. The van der Waals surface area contributed by atoms with Crippen molar-refractivity contribution in [3.8, 4) is 0 Å². The fourth-order valence-electron chi connectivity index (χ4n) is 1.87. The topological polar surface area (TPSA) is 36.1 Å². The maximum atomic E-state index is 3.42. The highest BCUT2D eigenvalue weighted by Gasteiger charge is 2.12. The van der Waals surface area contributed by atoms with Crippen molar-refractivity contribution in [2.75, 3.05) is 26.0 Å². The van der Waals surface area contributed by atoms with Gasteiger partial charge in [0.25, 0.3) is 0 Å². The van der Waals surface area contributed by atoms with Crippen LogP contribution in [0.3, 0.4) is 0 Å². The molecule has 1 rings (SSSR count). The lowest BCUT2D eigenvalue weighted by atomic mass is 10.0. The van der Waals surface area contributed by atoms with Gasteiger partial charge in [-0.3, -0.25) is 5.32 Å². The van der Waals surface area contributed by atoms with Crippen LogP contribution in [0.5, 0.6) is 0 Å². The summed E-state index contributed by atoms with van der Waals surface area (Å²) in [6, 6.07) is 4.44. The monoisotopic (exact) mass is 221 g/mol. The van der Waals surface area contributed by atoms with Gasteiger partial charge in [0.15, 0.2) is 0 Å². The van der Waals surface area contributed by atoms with Crippen molar-refractivity contribution < 1.29 is 0 Å². The molecule has 3 nitrogen and oxygen atoms in total. The lowest BCUT2D eigenvalue weighted by Gasteiger charge is -2.22. The number of hydrogen-bond donors (Lipinski definition) is 3. The third kappa shape index (κ3) is 2.74. The van der Waals surface area contributed by atoms with Crippen molar-refractivity contribution in [2.45, 2.75) is 26.9 Å². The van der Waals surface area contributed by atoms with Gasteiger partial charge in [0.2, 0.25) is 0 Å². The molecule has 1 unspecified atom stereocenters. The van der Waals surface area contributed by atoms with Crippen LogP contribution in [-0.2, 0) is 0 Å². The molecule has 0 saturated heterocycles. The largest absolute Gasteiger partial charge is 0.388 e. The third-order valence-corrected chi connectivity index (χ3v) is 2.94. The van der Waals surface area contributed by atoms with E-state index in [1.165, 1.54) is 22.4 Å². The summed E-state index contributed by atoms with van der Waals surface area (Å²) in [5, 5.41) is 9.97. The molecule has 1 atom stereocenters. The van der Waals surface area contributed by atoms with Crippen molar-refractivity contribution in [1.82, 2.24) is 10.6 Å². The lowest BCUT2D eigenvalue weighted by molar-refractivity contribution is 0.489. The maximum absolute atomic E-state index is 3.42. The molecule has 0 fully saturated rings. The summed E-state index contributed by atoms with van der Waals surface area (Å²) in [5.74, 6) is 0. The molecule has 0 aliphatic heterocycles. The molecule has 3 N–H and O–H groups in total. The zero-order valence-corrected chi connectivity index (χ0v) is 10.9. The van der Waals surface area contributed by atoms with E-state index >= 15 is 0 Å². The summed E-state index contributed by atoms with van der Waals surface area (Å²) in [6.07, 6.45) is 0.201. The zero-order valence-electron chi connectivity index (χ0n) is 10.9. The fourth-order valence-corrected chi connectivity index (χ4v) is 1.87. The predicted octanol–water partition coefficient (Wildman–Crippen LogP) is 2.17. The summed E-state index contributed by atoms with van der Waals surface area (Å²) in [5.41, 5.74) is 5.10. The van der Waals surface area contributed by atoms with Gasteiger partial charge in [-0.15, -0.1) is 0 Å². The van der Waals surface area contributed by atoms with E-state index in [0.29, 0.717) is 0 Å². The van der Waals surface area contributed by atoms with E-state index in [4.69, 9.17) is 0 Å². The van der Waals surface area contributed by atoms with Crippen LogP contribution in [-0.4, -0.2) is 20.6 Å². The molecule has 0 radical (unpaired) electrons. The smallest absolute Gasteiger partial charge is 0.0853 e. The fraction of sp³-hybridized carbons (Fsp3) is 0.538. The van der Waals surface area contributed by atoms with E-state index in [0.717, 1.165) is 6.54 Å². The van der Waals surface area contributed by atoms with Gasteiger partial charge in [-0.05, 0) is 44.6 Å². The van der Waals surface area contributed by atoms with Crippen molar-refractivity contribution in [3.05, 3.63) is 28.8 Å². The Kier molecular flexibility index (Phi) is 4.77. The van der Waals surface area contributed by atoms with Gasteiger partial charge in [-0.2, -0.15) is 0 Å². The first-order valence-electron chi connectivity index (χ1n) is 5.83. The van der Waals surface area contributed by atoms with Crippen LogP contribution in [0.4, 0.5) is 5.69 Å². The predicted molar refractivity (Wildman–Crippen MR) is 70.9 cm³/mol. The molecular weight excluding hydrogens is 198 g/mol. The average Bonchev–Trinajstić information content (AvgIpc) is 2.29. The number of anilines is 1. The van der Waals surface area contributed by atoms with Crippen molar-refractivity contribution >= 4 is 5.69 Å². The highest BCUT2D eigenvalue weighted by Crippen LogP contribution is 2.24. The van der Waals surface area contributed by atoms with Gasteiger partial charge >= 0.3 is 0 Å². The Bertz CT molecular complexity index is 347. The molecule has 3 heteroatoms. The first-order chi connectivity index (χ1) is 7.63. The standard InChI is InChI=1S/C13H23N3/c1-6-16-13(15-5)11-7-9(2)10(3)8-12(11)14-4/h7-8,13-16H,6H2,1-5H3. The number of rotatable bonds is 5. The normalized spacial score (nSPS) is 12.6. The second kappa shape index (κ2) is 5.87. The Morgan fingerprint density at radius 3 is 2.25 bits per heavy atom. The first kappa shape index (κ1) is 13.0. The molecule has 0 aromatic heterocycles. The van der Waals surface area contributed by atoms with Gasteiger partial charge in [-0.1, -0.05) is 13.0 Å². The molecule has 90 valence electrons. The van der Waals surface area contributed by atoms with E-state index in [1.807, 2.05) is 14.1 Å². The van der Waals surface area contributed by atoms with Crippen molar-refractivity contribution in [3.63, 3.8) is 0 Å². The van der Waals surface area contributed by atoms with Gasteiger partial charge in [0.1, 0.15) is 0 Å². The maximum Gasteiger partial charge on any atom is 0.0853 e. The van der Waals surface area contributed by atoms with Crippen LogP contribution in [0.25, 0.3) is 0 Å². The van der Waals surface area contributed by atoms with Crippen LogP contribution < -0.4 is 16.0 Å². The average molecular weight is 221 g/mol. The minimum atomic E-state index is 0.201. The molecule has 1 aromatic rings. The Morgan fingerprint density at radius 2 is 1.75 bits per heavy atom. The summed E-state index contributed by atoms with van der Waals surface area (Å²) < 4.78 is 0. The van der Waals surface area contributed by atoms with Crippen LogP contribution in [0, 0.1) is 13.8 Å². The second-order valence-corrected chi connectivity index (χ2v) is 4.05. The summed E-state index contributed by atoms with van der Waals surface area (Å²) in [7, 11) is 3.94. The van der Waals surface area contributed by atoms with Crippen molar-refractivity contribution in [1.29, 1.82) is 0 Å². The Labute approximate surface area is 98.6 Å². The quantitative estimate of drug-likeness (QED) is 0.667. The molecule has 0 spiro atoms. The Morgan fingerprint density at radius 1 is 1.12 bits per heavy atom.